The summed E-state index contributed by atoms with van der Waals surface area (Å²) in [5.41, 5.74) is 0.689. The van der Waals surface area contributed by atoms with Gasteiger partial charge in [0.05, 0.1) is 12.2 Å². The van der Waals surface area contributed by atoms with E-state index in [1.807, 2.05) is 0 Å². The Bertz CT molecular complexity index is 497. The summed E-state index contributed by atoms with van der Waals surface area (Å²) in [5.74, 6) is 0.902. The molecule has 1 saturated heterocycles. The zero-order valence-corrected chi connectivity index (χ0v) is 12.4. The first-order valence-corrected chi connectivity index (χ1v) is 7.81. The number of fused-ring (bicyclic) bond motifs is 1. The summed E-state index contributed by atoms with van der Waals surface area (Å²) in [4.78, 5) is 15.1. The lowest BCUT2D eigenvalue weighted by atomic mass is 9.94. The van der Waals surface area contributed by atoms with E-state index in [9.17, 15) is 4.79 Å². The maximum absolute atomic E-state index is 12.7. The number of carbonyl (C=O) groups is 1. The van der Waals surface area contributed by atoms with Crippen molar-refractivity contribution >= 4 is 17.4 Å². The predicted molar refractivity (Wildman–Crippen MR) is 79.7 cm³/mol. The van der Waals surface area contributed by atoms with Gasteiger partial charge < -0.3 is 9.64 Å². The van der Waals surface area contributed by atoms with E-state index in [-0.39, 0.29) is 11.7 Å². The van der Waals surface area contributed by atoms with E-state index in [2.05, 4.69) is 4.90 Å². The minimum Gasteiger partial charge on any atom is -0.493 e. The summed E-state index contributed by atoms with van der Waals surface area (Å²) in [7, 11) is 0. The van der Waals surface area contributed by atoms with Crippen molar-refractivity contribution in [3.63, 3.8) is 0 Å². The molecule has 3 rings (SSSR count). The smallest absolute Gasteiger partial charge is 0.171 e. The number of ketones is 1. The van der Waals surface area contributed by atoms with Crippen LogP contribution in [0.25, 0.3) is 0 Å². The number of nitrogens with zero attached hydrogens (tertiary/aromatic N) is 1. The van der Waals surface area contributed by atoms with Gasteiger partial charge in [-0.3, -0.25) is 4.79 Å². The third kappa shape index (κ3) is 2.99. The molecule has 0 saturated carbocycles. The Morgan fingerprint density at radius 3 is 2.85 bits per heavy atom. The predicted octanol–water partition coefficient (Wildman–Crippen LogP) is 3.41. The van der Waals surface area contributed by atoms with Crippen LogP contribution in [0.2, 0.25) is 5.02 Å². The number of carbonyl (C=O) groups excluding carboxylic acids is 1. The summed E-state index contributed by atoms with van der Waals surface area (Å²) in [5, 5.41) is 0.617. The molecule has 0 spiro atoms. The van der Waals surface area contributed by atoms with Gasteiger partial charge in [0, 0.05) is 17.5 Å². The van der Waals surface area contributed by atoms with Crippen LogP contribution in [0.4, 0.5) is 0 Å². The Hall–Kier alpha value is -1.06. The molecule has 1 unspecified atom stereocenters. The largest absolute Gasteiger partial charge is 0.493 e. The molecular weight excluding hydrogens is 274 g/mol. The van der Waals surface area contributed by atoms with Gasteiger partial charge in [-0.25, -0.2) is 0 Å². The average Bonchev–Trinajstić information content (AvgIpc) is 2.60. The van der Waals surface area contributed by atoms with Crippen LogP contribution >= 0.6 is 11.6 Å². The number of hydrogen-bond donors (Lipinski definition) is 0. The molecule has 3 nitrogen and oxygen atoms in total. The second-order valence-electron chi connectivity index (χ2n) is 5.70. The Labute approximate surface area is 124 Å². The molecule has 20 heavy (non-hydrogen) atoms. The van der Waals surface area contributed by atoms with Crippen molar-refractivity contribution in [2.24, 2.45) is 5.92 Å². The van der Waals surface area contributed by atoms with Gasteiger partial charge in [0.2, 0.25) is 0 Å². The van der Waals surface area contributed by atoms with E-state index in [1.54, 1.807) is 18.2 Å². The van der Waals surface area contributed by atoms with Crippen LogP contribution in [0.5, 0.6) is 5.75 Å². The first-order chi connectivity index (χ1) is 9.74. The first-order valence-electron chi connectivity index (χ1n) is 7.43. The van der Waals surface area contributed by atoms with Crippen molar-refractivity contribution in [1.29, 1.82) is 0 Å². The van der Waals surface area contributed by atoms with E-state index >= 15 is 0 Å². The molecular formula is C16H20ClNO2. The number of likely N-dealkylation sites (tertiary alicyclic amines) is 1. The molecule has 0 radical (unpaired) electrons. The fourth-order valence-electron chi connectivity index (χ4n) is 3.11. The van der Waals surface area contributed by atoms with Crippen LogP contribution in [-0.2, 0) is 0 Å². The molecule has 1 atom stereocenters. The van der Waals surface area contributed by atoms with Crippen LogP contribution in [0.3, 0.4) is 0 Å². The van der Waals surface area contributed by atoms with Gasteiger partial charge in [-0.05, 0) is 50.6 Å². The maximum Gasteiger partial charge on any atom is 0.171 e. The second kappa shape index (κ2) is 6.15. The number of ether oxygens (including phenoxy) is 1. The summed E-state index contributed by atoms with van der Waals surface area (Å²) >= 11 is 5.97. The molecule has 1 aromatic rings. The standard InChI is InChI=1S/C16H20ClNO2/c17-13-4-5-14-15(10-13)20-9-6-12(16(14)19)11-18-7-2-1-3-8-18/h4-5,10,12H,1-3,6-9,11H2. The fourth-order valence-corrected chi connectivity index (χ4v) is 3.27. The third-order valence-electron chi connectivity index (χ3n) is 4.23. The molecule has 0 bridgehead atoms. The van der Waals surface area contributed by atoms with Crippen molar-refractivity contribution in [3.8, 4) is 5.75 Å². The normalized spacial score (nSPS) is 23.9. The molecule has 0 amide bonds. The van der Waals surface area contributed by atoms with Gasteiger partial charge in [-0.2, -0.15) is 0 Å². The van der Waals surface area contributed by atoms with Crippen molar-refractivity contribution in [3.05, 3.63) is 28.8 Å². The zero-order chi connectivity index (χ0) is 13.9. The second-order valence-corrected chi connectivity index (χ2v) is 6.14. The summed E-state index contributed by atoms with van der Waals surface area (Å²) in [6.07, 6.45) is 4.62. The van der Waals surface area contributed by atoms with Gasteiger partial charge in [0.15, 0.2) is 5.78 Å². The first kappa shape index (κ1) is 13.9. The quantitative estimate of drug-likeness (QED) is 0.837. The topological polar surface area (TPSA) is 29.5 Å². The van der Waals surface area contributed by atoms with Gasteiger partial charge in [0.1, 0.15) is 5.75 Å². The highest BCUT2D eigenvalue weighted by Gasteiger charge is 2.28. The lowest BCUT2D eigenvalue weighted by Crippen LogP contribution is -2.36. The van der Waals surface area contributed by atoms with E-state index < -0.39 is 0 Å². The number of piperidine rings is 1. The lowest BCUT2D eigenvalue weighted by Gasteiger charge is -2.29. The SMILES string of the molecule is O=C1c2ccc(Cl)cc2OCCC1CN1CCCCC1. The molecule has 0 N–H and O–H groups in total. The number of halogens is 1. The van der Waals surface area contributed by atoms with Crippen molar-refractivity contribution in [2.75, 3.05) is 26.2 Å². The zero-order valence-electron chi connectivity index (χ0n) is 11.6. The van der Waals surface area contributed by atoms with Crippen molar-refractivity contribution in [2.45, 2.75) is 25.7 Å². The number of Topliss-reactive ketones (excluding diaryl/α,β-unsaturated/α-hetero) is 1. The minimum absolute atomic E-state index is 0.0514. The summed E-state index contributed by atoms with van der Waals surface area (Å²) in [6.45, 7) is 3.71. The number of hydrogen-bond acceptors (Lipinski definition) is 3. The Morgan fingerprint density at radius 1 is 1.25 bits per heavy atom. The number of benzene rings is 1. The molecule has 2 heterocycles. The van der Waals surface area contributed by atoms with Gasteiger partial charge >= 0.3 is 0 Å². The van der Waals surface area contributed by atoms with Crippen LogP contribution in [0.15, 0.2) is 18.2 Å². The number of rotatable bonds is 2. The van der Waals surface area contributed by atoms with E-state index in [0.717, 1.165) is 26.1 Å². The molecule has 108 valence electrons. The summed E-state index contributed by atoms with van der Waals surface area (Å²) < 4.78 is 5.70. The van der Waals surface area contributed by atoms with E-state index in [1.165, 1.54) is 19.3 Å². The molecule has 0 aliphatic carbocycles. The van der Waals surface area contributed by atoms with E-state index in [4.69, 9.17) is 16.3 Å². The van der Waals surface area contributed by atoms with Crippen LogP contribution in [0, 0.1) is 5.92 Å². The highest BCUT2D eigenvalue weighted by atomic mass is 35.5. The van der Waals surface area contributed by atoms with E-state index in [0.29, 0.717) is 22.9 Å². The monoisotopic (exact) mass is 293 g/mol. The van der Waals surface area contributed by atoms with Gasteiger partial charge in [0.25, 0.3) is 0 Å². The van der Waals surface area contributed by atoms with Crippen LogP contribution in [0.1, 0.15) is 36.0 Å². The Morgan fingerprint density at radius 2 is 2.05 bits per heavy atom. The maximum atomic E-state index is 12.7. The third-order valence-corrected chi connectivity index (χ3v) is 4.47. The van der Waals surface area contributed by atoms with Crippen LogP contribution < -0.4 is 4.74 Å². The lowest BCUT2D eigenvalue weighted by molar-refractivity contribution is 0.0859. The Kier molecular flexibility index (Phi) is 4.27. The fraction of sp³-hybridized carbons (Fsp3) is 0.562. The highest BCUT2D eigenvalue weighted by Crippen LogP contribution is 2.30. The molecule has 4 heteroatoms. The van der Waals surface area contributed by atoms with Crippen LogP contribution in [-0.4, -0.2) is 36.9 Å². The molecule has 2 aliphatic rings. The van der Waals surface area contributed by atoms with Crippen molar-refractivity contribution in [1.82, 2.24) is 4.90 Å². The van der Waals surface area contributed by atoms with Gasteiger partial charge in [-0.15, -0.1) is 0 Å². The van der Waals surface area contributed by atoms with Gasteiger partial charge in [-0.1, -0.05) is 18.0 Å². The molecule has 1 fully saturated rings. The summed E-state index contributed by atoms with van der Waals surface area (Å²) in [6, 6.07) is 5.32. The minimum atomic E-state index is 0.0514. The Balaban J connectivity index is 1.76. The molecule has 2 aliphatic heterocycles. The highest BCUT2D eigenvalue weighted by molar-refractivity contribution is 6.30. The van der Waals surface area contributed by atoms with Crippen molar-refractivity contribution < 1.29 is 9.53 Å². The molecule has 1 aromatic carbocycles. The average molecular weight is 294 g/mol. The molecule has 0 aromatic heterocycles.